The monoisotopic (exact) mass is 608 g/mol. The highest BCUT2D eigenvalue weighted by atomic mass is 16.6. The summed E-state index contributed by atoms with van der Waals surface area (Å²) in [5.74, 6) is -1.44. The predicted octanol–water partition coefficient (Wildman–Crippen LogP) is 6.64. The first-order chi connectivity index (χ1) is 20.7. The van der Waals surface area contributed by atoms with Crippen LogP contribution in [0.4, 0.5) is 10.5 Å². The van der Waals surface area contributed by atoms with Crippen LogP contribution in [0.15, 0.2) is 42.5 Å². The molecule has 0 aliphatic carbocycles. The van der Waals surface area contributed by atoms with E-state index in [4.69, 9.17) is 10.5 Å². The molecule has 2 unspecified atom stereocenters. The lowest BCUT2D eigenvalue weighted by molar-refractivity contribution is -0.141. The molecule has 0 heterocycles. The summed E-state index contributed by atoms with van der Waals surface area (Å²) in [5, 5.41) is 5.71. The van der Waals surface area contributed by atoms with Crippen molar-refractivity contribution in [3.63, 3.8) is 0 Å². The third-order valence-electron chi connectivity index (χ3n) is 7.23. The maximum atomic E-state index is 14.5. The quantitative estimate of drug-likeness (QED) is 0.184. The van der Waals surface area contributed by atoms with Crippen molar-refractivity contribution >= 4 is 29.5 Å². The summed E-state index contributed by atoms with van der Waals surface area (Å²) in [6.07, 6.45) is 4.99. The number of nitrogens with zero attached hydrogens (tertiary/aromatic N) is 1. The third kappa shape index (κ3) is 12.4. The molecule has 0 aliphatic heterocycles. The number of primary amides is 1. The molecule has 9 heteroatoms. The molecule has 2 rings (SSSR count). The Morgan fingerprint density at radius 1 is 0.909 bits per heavy atom. The molecule has 0 radical (unpaired) electrons. The van der Waals surface area contributed by atoms with Gasteiger partial charge in [-0.25, -0.2) is 4.79 Å². The molecule has 9 nitrogen and oxygen atoms in total. The smallest absolute Gasteiger partial charge is 0.408 e. The molecule has 4 N–H and O–H groups in total. The van der Waals surface area contributed by atoms with Crippen molar-refractivity contribution in [2.75, 3.05) is 11.9 Å². The van der Waals surface area contributed by atoms with Crippen LogP contribution in [0.5, 0.6) is 0 Å². The van der Waals surface area contributed by atoms with Gasteiger partial charge < -0.3 is 26.0 Å². The zero-order valence-corrected chi connectivity index (χ0v) is 27.6. The van der Waals surface area contributed by atoms with E-state index < -0.39 is 35.6 Å². The van der Waals surface area contributed by atoms with Crippen LogP contribution < -0.4 is 16.4 Å². The number of hydrogen-bond acceptors (Lipinski definition) is 5. The van der Waals surface area contributed by atoms with Gasteiger partial charge in [-0.15, -0.1) is 0 Å². The van der Waals surface area contributed by atoms with Crippen molar-refractivity contribution in [2.45, 2.75) is 118 Å². The summed E-state index contributed by atoms with van der Waals surface area (Å²) >= 11 is 0. The Kier molecular flexibility index (Phi) is 14.4. The highest BCUT2D eigenvalue weighted by Crippen LogP contribution is 2.28. The van der Waals surface area contributed by atoms with Crippen molar-refractivity contribution in [3.05, 3.63) is 64.7 Å². The second-order valence-corrected chi connectivity index (χ2v) is 12.6. The van der Waals surface area contributed by atoms with Gasteiger partial charge in [0.1, 0.15) is 17.7 Å². The lowest BCUT2D eigenvalue weighted by atomic mass is 9.97. The summed E-state index contributed by atoms with van der Waals surface area (Å²) < 4.78 is 5.44. The Hall–Kier alpha value is -3.88. The molecule has 0 spiro atoms. The van der Waals surface area contributed by atoms with E-state index in [0.717, 1.165) is 48.8 Å². The van der Waals surface area contributed by atoms with E-state index in [9.17, 15) is 19.2 Å². The molecule has 0 bridgehead atoms. The highest BCUT2D eigenvalue weighted by Gasteiger charge is 2.36. The van der Waals surface area contributed by atoms with Gasteiger partial charge >= 0.3 is 6.09 Å². The zero-order chi connectivity index (χ0) is 32.9. The van der Waals surface area contributed by atoms with Crippen molar-refractivity contribution in [3.8, 4) is 0 Å². The number of para-hydroxylation sites is 1. The topological polar surface area (TPSA) is 131 Å². The maximum absolute atomic E-state index is 14.5. The first kappa shape index (κ1) is 36.3. The fourth-order valence-electron chi connectivity index (χ4n) is 5.18. The maximum Gasteiger partial charge on any atom is 0.408 e. The average molecular weight is 609 g/mol. The van der Waals surface area contributed by atoms with E-state index >= 15 is 0 Å². The zero-order valence-electron chi connectivity index (χ0n) is 27.6. The van der Waals surface area contributed by atoms with Crippen LogP contribution in [0.2, 0.25) is 0 Å². The van der Waals surface area contributed by atoms with Gasteiger partial charge in [0.25, 0.3) is 5.91 Å². The first-order valence-electron chi connectivity index (χ1n) is 15.7. The summed E-state index contributed by atoms with van der Waals surface area (Å²) in [6.45, 7) is 13.4. The molecule has 2 aromatic carbocycles. The van der Waals surface area contributed by atoms with Gasteiger partial charge in [0.2, 0.25) is 11.8 Å². The molecule has 2 aromatic rings. The summed E-state index contributed by atoms with van der Waals surface area (Å²) in [4.78, 5) is 54.8. The number of aryl methyl sites for hydroxylation is 3. The fourth-order valence-corrected chi connectivity index (χ4v) is 5.18. The number of nitrogens with two attached hydrogens (primary N) is 1. The van der Waals surface area contributed by atoms with Crippen LogP contribution >= 0.6 is 0 Å². The standard InChI is InChI=1S/C35H52N4O5/c1-8-9-10-11-12-15-20-39(33(42)29(18-19-30(36)40)38-34(43)44-35(5,6)7)31(27-22-24(2)21-25(3)23-27)32(41)37-28-17-14-13-16-26(28)4/h13-14,16-17,21-23,29,31H,8-12,15,18-20H2,1-7H3,(H2,36,40)(H,37,41)(H,38,43). The minimum absolute atomic E-state index is 0.0284. The molecule has 242 valence electrons. The third-order valence-corrected chi connectivity index (χ3v) is 7.23. The van der Waals surface area contributed by atoms with Gasteiger partial charge in [-0.05, 0) is 71.6 Å². The molecular formula is C35H52N4O5. The van der Waals surface area contributed by atoms with Gasteiger partial charge in [-0.1, -0.05) is 86.6 Å². The van der Waals surface area contributed by atoms with Crippen molar-refractivity contribution < 1.29 is 23.9 Å². The van der Waals surface area contributed by atoms with Gasteiger partial charge in [0.15, 0.2) is 0 Å². The second kappa shape index (κ2) is 17.4. The van der Waals surface area contributed by atoms with Crippen molar-refractivity contribution in [1.82, 2.24) is 10.2 Å². The van der Waals surface area contributed by atoms with Crippen LogP contribution in [-0.4, -0.2) is 46.9 Å². The number of carbonyl (C=O) groups is 4. The SMILES string of the molecule is CCCCCCCCN(C(=O)C(CCC(N)=O)NC(=O)OC(C)(C)C)C(C(=O)Nc1ccccc1C)c1cc(C)cc(C)c1. The molecule has 0 aliphatic rings. The Morgan fingerprint density at radius 3 is 2.11 bits per heavy atom. The molecule has 44 heavy (non-hydrogen) atoms. The Morgan fingerprint density at radius 2 is 1.52 bits per heavy atom. The second-order valence-electron chi connectivity index (χ2n) is 12.6. The fraction of sp³-hybridized carbons (Fsp3) is 0.543. The van der Waals surface area contributed by atoms with E-state index in [1.165, 1.54) is 0 Å². The van der Waals surface area contributed by atoms with E-state index in [0.29, 0.717) is 17.7 Å². The van der Waals surface area contributed by atoms with Crippen LogP contribution in [0, 0.1) is 20.8 Å². The Bertz CT molecular complexity index is 1250. The number of carbonyl (C=O) groups excluding carboxylic acids is 4. The van der Waals surface area contributed by atoms with E-state index in [1.54, 1.807) is 25.7 Å². The Balaban J connectivity index is 2.58. The molecule has 0 saturated heterocycles. The van der Waals surface area contributed by atoms with Crippen LogP contribution in [-0.2, 0) is 19.1 Å². The molecule has 4 amide bonds. The average Bonchev–Trinajstić information content (AvgIpc) is 2.91. The number of amides is 4. The van der Waals surface area contributed by atoms with Crippen molar-refractivity contribution in [2.24, 2.45) is 5.73 Å². The van der Waals surface area contributed by atoms with Gasteiger partial charge in [-0.2, -0.15) is 0 Å². The molecule has 0 aromatic heterocycles. The van der Waals surface area contributed by atoms with E-state index in [2.05, 4.69) is 17.6 Å². The number of alkyl carbamates (subject to hydrolysis) is 1. The molecule has 0 fully saturated rings. The normalized spacial score (nSPS) is 12.6. The molecular weight excluding hydrogens is 556 g/mol. The van der Waals surface area contributed by atoms with Crippen LogP contribution in [0.1, 0.15) is 107 Å². The van der Waals surface area contributed by atoms with Gasteiger partial charge in [-0.3, -0.25) is 14.4 Å². The van der Waals surface area contributed by atoms with Crippen molar-refractivity contribution in [1.29, 1.82) is 0 Å². The minimum Gasteiger partial charge on any atom is -0.444 e. The number of ether oxygens (including phenoxy) is 1. The molecule has 2 atom stereocenters. The number of unbranched alkanes of at least 4 members (excludes halogenated alkanes) is 5. The van der Waals surface area contributed by atoms with E-state index in [1.807, 2.05) is 63.2 Å². The predicted molar refractivity (Wildman–Crippen MR) is 175 cm³/mol. The number of anilines is 1. The molecule has 0 saturated carbocycles. The van der Waals surface area contributed by atoms with Crippen LogP contribution in [0.25, 0.3) is 0 Å². The van der Waals surface area contributed by atoms with Gasteiger partial charge in [0, 0.05) is 18.7 Å². The Labute approximate surface area is 263 Å². The summed E-state index contributed by atoms with van der Waals surface area (Å²) in [5.41, 5.74) is 8.77. The number of rotatable bonds is 16. The lowest BCUT2D eigenvalue weighted by Crippen LogP contribution is -2.53. The van der Waals surface area contributed by atoms with Crippen LogP contribution in [0.3, 0.4) is 0 Å². The van der Waals surface area contributed by atoms with Gasteiger partial charge in [0.05, 0.1) is 0 Å². The summed E-state index contributed by atoms with van der Waals surface area (Å²) in [7, 11) is 0. The number of hydrogen-bond donors (Lipinski definition) is 3. The number of benzene rings is 2. The van der Waals surface area contributed by atoms with E-state index in [-0.39, 0.29) is 25.3 Å². The largest absolute Gasteiger partial charge is 0.444 e. The first-order valence-corrected chi connectivity index (χ1v) is 15.7. The highest BCUT2D eigenvalue weighted by molar-refractivity contribution is 5.99. The lowest BCUT2D eigenvalue weighted by Gasteiger charge is -2.35. The number of nitrogens with one attached hydrogen (secondary N) is 2. The minimum atomic E-state index is -1.13. The summed E-state index contributed by atoms with van der Waals surface area (Å²) in [6, 6.07) is 11.2.